The van der Waals surface area contributed by atoms with E-state index in [1.165, 1.54) is 22.1 Å². The first-order valence-electron chi connectivity index (χ1n) is 6.41. The van der Waals surface area contributed by atoms with Crippen LogP contribution >= 0.6 is 11.6 Å². The van der Waals surface area contributed by atoms with Crippen LogP contribution in [0.4, 0.5) is 24.7 Å². The molecule has 7 nitrogen and oxygen atoms in total. The van der Waals surface area contributed by atoms with Gasteiger partial charge >= 0.3 is 6.18 Å². The number of hydrogen-bond donors (Lipinski definition) is 4. The van der Waals surface area contributed by atoms with Gasteiger partial charge in [-0.05, 0) is 6.07 Å². The summed E-state index contributed by atoms with van der Waals surface area (Å²) in [6.45, 7) is -0.365. The van der Waals surface area contributed by atoms with E-state index in [2.05, 4.69) is 10.3 Å². The summed E-state index contributed by atoms with van der Waals surface area (Å²) in [7, 11) is 0. The van der Waals surface area contributed by atoms with E-state index in [0.717, 1.165) is 0 Å². The zero-order chi connectivity index (χ0) is 17.2. The molecule has 0 aliphatic heterocycles. The number of carbonyl (C=O) groups excluding carboxylic acids is 1. The number of fused-ring (bicyclic) bond motifs is 1. The highest BCUT2D eigenvalue weighted by Crippen LogP contribution is 2.29. The van der Waals surface area contributed by atoms with E-state index in [1.807, 2.05) is 0 Å². The first kappa shape index (κ1) is 17.2. The van der Waals surface area contributed by atoms with E-state index in [1.54, 1.807) is 0 Å². The third-order valence-electron chi connectivity index (χ3n) is 2.97. The summed E-state index contributed by atoms with van der Waals surface area (Å²) in [5.41, 5.74) is 7.67. The number of hydroxylamine groups is 1. The van der Waals surface area contributed by atoms with Crippen LogP contribution < -0.4 is 16.5 Å². The van der Waals surface area contributed by atoms with Crippen molar-refractivity contribution in [3.8, 4) is 0 Å². The smallest absolute Gasteiger partial charge is 0.389 e. The Morgan fingerprint density at radius 3 is 2.78 bits per heavy atom. The van der Waals surface area contributed by atoms with E-state index in [9.17, 15) is 18.0 Å². The molecule has 0 bridgehead atoms. The van der Waals surface area contributed by atoms with Gasteiger partial charge in [-0.2, -0.15) is 13.2 Å². The minimum Gasteiger partial charge on any atom is -0.396 e. The number of imidazole rings is 1. The molecule has 0 spiro atoms. The zero-order valence-corrected chi connectivity index (χ0v) is 12.4. The van der Waals surface area contributed by atoms with Crippen LogP contribution in [0.25, 0.3) is 5.65 Å². The van der Waals surface area contributed by atoms with Crippen molar-refractivity contribution >= 4 is 34.7 Å². The second-order valence-corrected chi connectivity index (χ2v) is 5.15. The standard InChI is InChI=1S/C12H13ClF3N5O2/c13-6-3-7(17)10-19-8(1-2-12(14,15)16)11(21(10)5-6)18-4-9(22)20-23/h3,5,18,23H,1-2,4,17H2,(H,20,22). The van der Waals surface area contributed by atoms with Gasteiger partial charge in [0, 0.05) is 19.0 Å². The summed E-state index contributed by atoms with van der Waals surface area (Å²) in [6.07, 6.45) is -4.41. The van der Waals surface area contributed by atoms with Crippen molar-refractivity contribution in [3.63, 3.8) is 0 Å². The van der Waals surface area contributed by atoms with E-state index >= 15 is 0 Å². The number of carbonyl (C=O) groups is 1. The molecular weight excluding hydrogens is 339 g/mol. The van der Waals surface area contributed by atoms with Gasteiger partial charge in [0.05, 0.1) is 22.9 Å². The predicted molar refractivity (Wildman–Crippen MR) is 77.4 cm³/mol. The predicted octanol–water partition coefficient (Wildman–Crippen LogP) is 1.98. The topological polar surface area (TPSA) is 105 Å². The number of halogens is 4. The Morgan fingerprint density at radius 2 is 2.17 bits per heavy atom. The number of amides is 1. The minimum atomic E-state index is -4.35. The number of nitrogens with zero attached hydrogens (tertiary/aromatic N) is 2. The normalized spacial score (nSPS) is 11.7. The zero-order valence-electron chi connectivity index (χ0n) is 11.6. The van der Waals surface area contributed by atoms with Crippen LogP contribution in [-0.2, 0) is 11.2 Å². The maximum absolute atomic E-state index is 12.4. The number of nitrogens with two attached hydrogens (primary N) is 1. The van der Waals surface area contributed by atoms with Crippen LogP contribution in [0.2, 0.25) is 5.02 Å². The molecular formula is C12H13ClF3N5O2. The van der Waals surface area contributed by atoms with Crippen LogP contribution in [0.1, 0.15) is 12.1 Å². The van der Waals surface area contributed by atoms with E-state index < -0.39 is 24.9 Å². The van der Waals surface area contributed by atoms with Gasteiger partial charge < -0.3 is 11.1 Å². The lowest BCUT2D eigenvalue weighted by molar-refractivity contribution is -0.134. The van der Waals surface area contributed by atoms with Crippen LogP contribution in [0, 0.1) is 0 Å². The number of nitrogens with one attached hydrogen (secondary N) is 2. The number of rotatable bonds is 5. The summed E-state index contributed by atoms with van der Waals surface area (Å²) in [6, 6.07) is 1.42. The molecule has 2 heterocycles. The maximum Gasteiger partial charge on any atom is 0.389 e. The number of alkyl halides is 3. The van der Waals surface area contributed by atoms with Gasteiger partial charge in [0.1, 0.15) is 5.82 Å². The Balaban J connectivity index is 2.42. The van der Waals surface area contributed by atoms with E-state index in [4.69, 9.17) is 22.5 Å². The number of pyridine rings is 1. The molecule has 0 fully saturated rings. The fourth-order valence-corrected chi connectivity index (χ4v) is 2.22. The van der Waals surface area contributed by atoms with Crippen molar-refractivity contribution in [2.45, 2.75) is 19.0 Å². The Bertz CT molecular complexity index is 732. The van der Waals surface area contributed by atoms with Crippen molar-refractivity contribution < 1.29 is 23.2 Å². The van der Waals surface area contributed by atoms with Gasteiger partial charge in [0.2, 0.25) is 0 Å². The summed E-state index contributed by atoms with van der Waals surface area (Å²) >= 11 is 5.89. The van der Waals surface area contributed by atoms with Crippen LogP contribution in [0.3, 0.4) is 0 Å². The lowest BCUT2D eigenvalue weighted by Gasteiger charge is -2.09. The number of anilines is 2. The van der Waals surface area contributed by atoms with Gasteiger partial charge in [-0.3, -0.25) is 14.4 Å². The second-order valence-electron chi connectivity index (χ2n) is 4.72. The Labute approximate surface area is 133 Å². The van der Waals surface area contributed by atoms with Crippen LogP contribution in [-0.4, -0.2) is 33.2 Å². The lowest BCUT2D eigenvalue weighted by Crippen LogP contribution is -2.27. The van der Waals surface area contributed by atoms with Gasteiger partial charge in [-0.15, -0.1) is 0 Å². The van der Waals surface area contributed by atoms with Crippen molar-refractivity contribution in [3.05, 3.63) is 23.0 Å². The largest absolute Gasteiger partial charge is 0.396 e. The first-order chi connectivity index (χ1) is 10.7. The van der Waals surface area contributed by atoms with Crippen molar-refractivity contribution in [1.29, 1.82) is 0 Å². The molecule has 126 valence electrons. The molecule has 23 heavy (non-hydrogen) atoms. The Kier molecular flexibility index (Phi) is 4.85. The molecule has 0 aliphatic rings. The van der Waals surface area contributed by atoms with Crippen LogP contribution in [0.5, 0.6) is 0 Å². The van der Waals surface area contributed by atoms with E-state index in [-0.39, 0.29) is 34.4 Å². The molecule has 0 aromatic carbocycles. The van der Waals surface area contributed by atoms with Crippen molar-refractivity contribution in [1.82, 2.24) is 14.9 Å². The monoisotopic (exact) mass is 351 g/mol. The van der Waals surface area contributed by atoms with Gasteiger partial charge in [0.15, 0.2) is 5.65 Å². The Morgan fingerprint density at radius 1 is 1.48 bits per heavy atom. The van der Waals surface area contributed by atoms with Gasteiger partial charge in [-0.1, -0.05) is 11.6 Å². The summed E-state index contributed by atoms with van der Waals surface area (Å²) in [5.74, 6) is -0.612. The highest BCUT2D eigenvalue weighted by molar-refractivity contribution is 6.30. The summed E-state index contributed by atoms with van der Waals surface area (Å²) in [5, 5.41) is 11.4. The minimum absolute atomic E-state index is 0.0852. The fourth-order valence-electron chi connectivity index (χ4n) is 2.01. The molecule has 1 amide bonds. The number of hydrogen-bond acceptors (Lipinski definition) is 5. The average molecular weight is 352 g/mol. The fraction of sp³-hybridized carbons (Fsp3) is 0.333. The quantitative estimate of drug-likeness (QED) is 0.487. The number of nitrogen functional groups attached to an aromatic ring is 1. The van der Waals surface area contributed by atoms with Crippen molar-refractivity contribution in [2.75, 3.05) is 17.6 Å². The molecule has 2 rings (SSSR count). The third kappa shape index (κ3) is 4.17. The number of aromatic nitrogens is 2. The maximum atomic E-state index is 12.4. The molecule has 2 aromatic rings. The molecule has 11 heteroatoms. The molecule has 0 saturated heterocycles. The van der Waals surface area contributed by atoms with Crippen molar-refractivity contribution in [2.24, 2.45) is 0 Å². The Hall–Kier alpha value is -2.20. The SMILES string of the molecule is Nc1cc(Cl)cn2c(NCC(=O)NO)c(CCC(F)(F)F)nc12. The summed E-state index contributed by atoms with van der Waals surface area (Å²) < 4.78 is 38.7. The van der Waals surface area contributed by atoms with Gasteiger partial charge in [-0.25, -0.2) is 10.5 Å². The van der Waals surface area contributed by atoms with Gasteiger partial charge in [0.25, 0.3) is 5.91 Å². The first-order valence-corrected chi connectivity index (χ1v) is 6.78. The molecule has 2 aromatic heterocycles. The van der Waals surface area contributed by atoms with Crippen LogP contribution in [0.15, 0.2) is 12.3 Å². The molecule has 5 N–H and O–H groups in total. The molecule has 0 atom stereocenters. The molecule has 0 aliphatic carbocycles. The summed E-state index contributed by atoms with van der Waals surface area (Å²) in [4.78, 5) is 15.2. The molecule has 0 radical (unpaired) electrons. The highest BCUT2D eigenvalue weighted by Gasteiger charge is 2.28. The molecule has 0 saturated carbocycles. The number of aryl methyl sites for hydroxylation is 1. The highest BCUT2D eigenvalue weighted by atomic mass is 35.5. The second kappa shape index (κ2) is 6.50. The average Bonchev–Trinajstić information content (AvgIpc) is 2.80. The third-order valence-corrected chi connectivity index (χ3v) is 3.18. The molecule has 0 unspecified atom stereocenters. The van der Waals surface area contributed by atoms with E-state index in [0.29, 0.717) is 0 Å². The lowest BCUT2D eigenvalue weighted by atomic mass is 10.2.